The van der Waals surface area contributed by atoms with Crippen LogP contribution in [0.1, 0.15) is 64.3 Å². The minimum absolute atomic E-state index is 0.112. The van der Waals surface area contributed by atoms with E-state index in [0.29, 0.717) is 0 Å². The molecule has 0 aliphatic rings. The molecule has 1 heterocycles. The van der Waals surface area contributed by atoms with Gasteiger partial charge in [-0.3, -0.25) is 0 Å². The van der Waals surface area contributed by atoms with Gasteiger partial charge in [0.2, 0.25) is 0 Å². The SMILES string of the molecule is C#C/C=C\c1c(C)c2ccccc2n1-c1cc(C(C)(CC)Sc2ccccc2)ccc1SC(C)(CC)C(/C=C\C)=C/C=C. The van der Waals surface area contributed by atoms with Crippen LogP contribution in [0.2, 0.25) is 0 Å². The number of hydrogen-bond donors (Lipinski definition) is 0. The van der Waals surface area contributed by atoms with Gasteiger partial charge in [0.05, 0.1) is 16.9 Å². The Morgan fingerprint density at radius 2 is 1.70 bits per heavy atom. The van der Waals surface area contributed by atoms with Crippen LogP contribution in [0.25, 0.3) is 22.7 Å². The van der Waals surface area contributed by atoms with Gasteiger partial charge in [0.25, 0.3) is 0 Å². The predicted molar refractivity (Wildman–Crippen MR) is 193 cm³/mol. The Hall–Kier alpha value is -3.58. The average Bonchev–Trinajstić information content (AvgIpc) is 3.31. The molecule has 220 valence electrons. The van der Waals surface area contributed by atoms with Gasteiger partial charge < -0.3 is 4.57 Å². The zero-order chi connectivity index (χ0) is 31.0. The molecular formula is C40H43NS2. The number of rotatable bonds is 12. The summed E-state index contributed by atoms with van der Waals surface area (Å²) in [6.07, 6.45) is 20.0. The van der Waals surface area contributed by atoms with Gasteiger partial charge in [-0.25, -0.2) is 0 Å². The molecule has 2 unspecified atom stereocenters. The van der Waals surface area contributed by atoms with Crippen LogP contribution in [0.5, 0.6) is 0 Å². The van der Waals surface area contributed by atoms with E-state index in [2.05, 4.69) is 156 Å². The van der Waals surface area contributed by atoms with E-state index in [1.165, 1.54) is 43.1 Å². The molecule has 0 radical (unpaired) electrons. The van der Waals surface area contributed by atoms with Crippen molar-refractivity contribution in [1.82, 2.24) is 4.57 Å². The summed E-state index contributed by atoms with van der Waals surface area (Å²) in [5.41, 5.74) is 7.25. The van der Waals surface area contributed by atoms with E-state index in [-0.39, 0.29) is 9.49 Å². The Morgan fingerprint density at radius 1 is 0.977 bits per heavy atom. The van der Waals surface area contributed by atoms with Crippen LogP contribution in [0.15, 0.2) is 125 Å². The van der Waals surface area contributed by atoms with Gasteiger partial charge >= 0.3 is 0 Å². The fourth-order valence-corrected chi connectivity index (χ4v) is 7.97. The highest BCUT2D eigenvalue weighted by Gasteiger charge is 2.31. The number of fused-ring (bicyclic) bond motifs is 1. The fraction of sp³-hybridized carbons (Fsp3) is 0.250. The van der Waals surface area contributed by atoms with Gasteiger partial charge in [0, 0.05) is 24.7 Å². The van der Waals surface area contributed by atoms with Crippen molar-refractivity contribution in [3.63, 3.8) is 0 Å². The quantitative estimate of drug-likeness (QED) is 0.0904. The smallest absolute Gasteiger partial charge is 0.0601 e. The first-order valence-corrected chi connectivity index (χ1v) is 16.6. The number of allylic oxidation sites excluding steroid dienone is 5. The maximum absolute atomic E-state index is 5.73. The Labute approximate surface area is 267 Å². The summed E-state index contributed by atoms with van der Waals surface area (Å²) in [7, 11) is 0. The number of para-hydroxylation sites is 1. The van der Waals surface area contributed by atoms with Gasteiger partial charge in [0.15, 0.2) is 0 Å². The van der Waals surface area contributed by atoms with Crippen LogP contribution in [0.3, 0.4) is 0 Å². The van der Waals surface area contributed by atoms with E-state index in [1.807, 2.05) is 35.7 Å². The van der Waals surface area contributed by atoms with Crippen LogP contribution in [-0.2, 0) is 4.75 Å². The summed E-state index contributed by atoms with van der Waals surface area (Å²) in [6, 6.07) is 26.5. The first-order chi connectivity index (χ1) is 20.7. The summed E-state index contributed by atoms with van der Waals surface area (Å²) >= 11 is 3.85. The number of aryl methyl sites for hydroxylation is 1. The topological polar surface area (TPSA) is 4.93 Å². The van der Waals surface area contributed by atoms with Crippen LogP contribution in [0.4, 0.5) is 0 Å². The van der Waals surface area contributed by atoms with Crippen molar-refractivity contribution in [3.8, 4) is 18.0 Å². The molecule has 0 N–H and O–H groups in total. The zero-order valence-electron chi connectivity index (χ0n) is 26.4. The van der Waals surface area contributed by atoms with E-state index in [4.69, 9.17) is 6.42 Å². The molecule has 0 bridgehead atoms. The highest BCUT2D eigenvalue weighted by Crippen LogP contribution is 2.49. The number of thioether (sulfide) groups is 2. The van der Waals surface area contributed by atoms with E-state index >= 15 is 0 Å². The van der Waals surface area contributed by atoms with Crippen molar-refractivity contribution in [2.75, 3.05) is 0 Å². The van der Waals surface area contributed by atoms with Gasteiger partial charge in [0.1, 0.15) is 0 Å². The summed E-state index contributed by atoms with van der Waals surface area (Å²) in [6.45, 7) is 17.5. The molecule has 3 aromatic carbocycles. The molecule has 1 nitrogen and oxygen atoms in total. The van der Waals surface area contributed by atoms with Crippen molar-refractivity contribution in [1.29, 1.82) is 0 Å². The van der Waals surface area contributed by atoms with Crippen LogP contribution in [-0.4, -0.2) is 9.31 Å². The van der Waals surface area contributed by atoms with Gasteiger partial charge in [-0.15, -0.1) is 29.9 Å². The molecule has 4 aromatic rings. The number of aromatic nitrogens is 1. The second kappa shape index (κ2) is 14.3. The minimum Gasteiger partial charge on any atom is -0.308 e. The minimum atomic E-state index is -0.156. The predicted octanol–water partition coefficient (Wildman–Crippen LogP) is 12.0. The molecule has 0 aliphatic heterocycles. The third kappa shape index (κ3) is 6.82. The van der Waals surface area contributed by atoms with Crippen LogP contribution < -0.4 is 0 Å². The number of nitrogens with zero attached hydrogens (tertiary/aromatic N) is 1. The number of hydrogen-bond acceptors (Lipinski definition) is 2. The summed E-state index contributed by atoms with van der Waals surface area (Å²) < 4.78 is 2.14. The van der Waals surface area contributed by atoms with Gasteiger partial charge in [-0.1, -0.05) is 93.1 Å². The molecule has 1 aromatic heterocycles. The van der Waals surface area contributed by atoms with Crippen LogP contribution in [0, 0.1) is 19.3 Å². The normalized spacial score (nSPS) is 15.0. The summed E-state index contributed by atoms with van der Waals surface area (Å²) in [5.74, 6) is 2.72. The Balaban J connectivity index is 2.03. The first-order valence-electron chi connectivity index (χ1n) is 15.0. The maximum Gasteiger partial charge on any atom is 0.0601 e. The third-order valence-electron chi connectivity index (χ3n) is 8.35. The highest BCUT2D eigenvalue weighted by molar-refractivity contribution is 8.01. The third-order valence-corrected chi connectivity index (χ3v) is 11.4. The molecule has 0 fully saturated rings. The maximum atomic E-state index is 5.73. The van der Waals surface area contributed by atoms with Crippen LogP contribution >= 0.6 is 23.5 Å². The van der Waals surface area contributed by atoms with Crippen molar-refractivity contribution in [2.24, 2.45) is 0 Å². The lowest BCUT2D eigenvalue weighted by Gasteiger charge is -2.33. The average molecular weight is 602 g/mol. The molecule has 0 saturated carbocycles. The molecule has 0 amide bonds. The monoisotopic (exact) mass is 601 g/mol. The second-order valence-electron chi connectivity index (χ2n) is 11.1. The zero-order valence-corrected chi connectivity index (χ0v) is 28.0. The van der Waals surface area contributed by atoms with Crippen molar-refractivity contribution >= 4 is 40.5 Å². The van der Waals surface area contributed by atoms with Crippen molar-refractivity contribution in [3.05, 3.63) is 132 Å². The molecule has 0 saturated heterocycles. The Morgan fingerprint density at radius 3 is 2.35 bits per heavy atom. The Kier molecular flexibility index (Phi) is 10.7. The van der Waals surface area contributed by atoms with Gasteiger partial charge in [-0.05, 0) is 99.7 Å². The molecule has 4 rings (SSSR count). The second-order valence-corrected chi connectivity index (χ2v) is 14.2. The Bertz CT molecular complexity index is 1710. The molecule has 0 aliphatic carbocycles. The fourth-order valence-electron chi connectivity index (χ4n) is 5.49. The molecule has 3 heteroatoms. The largest absolute Gasteiger partial charge is 0.308 e. The highest BCUT2D eigenvalue weighted by atomic mass is 32.2. The van der Waals surface area contributed by atoms with E-state index < -0.39 is 0 Å². The van der Waals surface area contributed by atoms with E-state index in [9.17, 15) is 0 Å². The first kappa shape index (κ1) is 32.3. The summed E-state index contributed by atoms with van der Waals surface area (Å²) in [4.78, 5) is 2.50. The van der Waals surface area contributed by atoms with E-state index in [1.54, 1.807) is 0 Å². The van der Waals surface area contributed by atoms with Crippen molar-refractivity contribution in [2.45, 2.75) is 73.7 Å². The molecular weight excluding hydrogens is 559 g/mol. The molecule has 43 heavy (non-hydrogen) atoms. The number of benzene rings is 3. The number of terminal acetylenes is 1. The molecule has 2 atom stereocenters. The molecule has 0 spiro atoms. The van der Waals surface area contributed by atoms with Crippen molar-refractivity contribution < 1.29 is 0 Å². The van der Waals surface area contributed by atoms with Gasteiger partial charge in [-0.2, -0.15) is 0 Å². The lowest BCUT2D eigenvalue weighted by atomic mass is 9.96. The standard InChI is InChI=1S/C40H43NS2/c1-9-14-25-35-30(6)34-24-18-19-26-36(34)41(35)37-29-32(40(8,13-5)42-33-22-16-15-17-23-33)27-28-38(37)43-39(7,12-4)31(20-10-2)21-11-3/h1,10-11,14-29H,2,12-13H2,3-8H3/b21-11-,25-14-,31-20+. The lowest BCUT2D eigenvalue weighted by molar-refractivity contribution is 0.663. The van der Waals surface area contributed by atoms with E-state index in [0.717, 1.165) is 18.5 Å². The lowest BCUT2D eigenvalue weighted by Crippen LogP contribution is -2.22. The summed E-state index contributed by atoms with van der Waals surface area (Å²) in [5, 5.41) is 1.23.